The zero-order valence-electron chi connectivity index (χ0n) is 6.26. The molecule has 0 saturated heterocycles. The number of nitrogen functional groups attached to an aromatic ring is 1. The average Bonchev–Trinajstić information content (AvgIpc) is 2.03. The number of carbonyl (C=O) groups is 2. The highest BCUT2D eigenvalue weighted by molar-refractivity contribution is 5.92. The molecule has 0 fully saturated rings. The van der Waals surface area contributed by atoms with Crippen molar-refractivity contribution in [3.8, 4) is 0 Å². The van der Waals surface area contributed by atoms with Crippen molar-refractivity contribution in [2.24, 2.45) is 0 Å². The molecule has 1 heterocycles. The normalized spacial score (nSPS) is 9.54. The van der Waals surface area contributed by atoms with Crippen molar-refractivity contribution in [2.75, 3.05) is 5.73 Å². The van der Waals surface area contributed by atoms with E-state index in [2.05, 4.69) is 9.97 Å². The van der Waals surface area contributed by atoms with Gasteiger partial charge in [-0.25, -0.2) is 19.6 Å². The lowest BCUT2D eigenvalue weighted by molar-refractivity contribution is 0.0672. The quantitative estimate of drug-likeness (QED) is 0.561. The second-order valence-electron chi connectivity index (χ2n) is 2.10. The Morgan fingerprint density at radius 2 is 1.92 bits per heavy atom. The van der Waals surface area contributed by atoms with Crippen molar-refractivity contribution in [2.45, 2.75) is 0 Å². The van der Waals surface area contributed by atoms with Gasteiger partial charge in [0.1, 0.15) is 0 Å². The Balaban J connectivity index is 3.20. The average molecular weight is 183 g/mol. The van der Waals surface area contributed by atoms with Gasteiger partial charge in [-0.05, 0) is 0 Å². The van der Waals surface area contributed by atoms with Crippen LogP contribution in [0.15, 0.2) is 6.20 Å². The number of aromatic nitrogens is 2. The molecule has 1 rings (SSSR count). The van der Waals surface area contributed by atoms with Crippen molar-refractivity contribution < 1.29 is 19.8 Å². The van der Waals surface area contributed by atoms with Gasteiger partial charge in [0.25, 0.3) is 0 Å². The van der Waals surface area contributed by atoms with Crippen LogP contribution >= 0.6 is 0 Å². The summed E-state index contributed by atoms with van der Waals surface area (Å²) in [6, 6.07) is 0. The third kappa shape index (κ3) is 1.70. The van der Waals surface area contributed by atoms with Crippen molar-refractivity contribution in [1.82, 2.24) is 9.97 Å². The van der Waals surface area contributed by atoms with Gasteiger partial charge in [0, 0.05) is 0 Å². The zero-order chi connectivity index (χ0) is 10.0. The number of aromatic carboxylic acids is 2. The largest absolute Gasteiger partial charge is 0.476 e. The summed E-state index contributed by atoms with van der Waals surface area (Å²) >= 11 is 0. The third-order valence-corrected chi connectivity index (χ3v) is 1.22. The van der Waals surface area contributed by atoms with E-state index in [4.69, 9.17) is 15.9 Å². The van der Waals surface area contributed by atoms with Crippen LogP contribution < -0.4 is 5.73 Å². The highest BCUT2D eigenvalue weighted by Crippen LogP contribution is 2.05. The first kappa shape index (κ1) is 8.91. The molecule has 0 aliphatic heterocycles. The predicted molar refractivity (Wildman–Crippen MR) is 40.4 cm³/mol. The molecule has 1 aromatic rings. The molecule has 0 radical (unpaired) electrons. The van der Waals surface area contributed by atoms with Crippen LogP contribution in [0.2, 0.25) is 0 Å². The summed E-state index contributed by atoms with van der Waals surface area (Å²) in [4.78, 5) is 27.4. The second kappa shape index (κ2) is 3.05. The molecule has 0 aliphatic carbocycles. The van der Waals surface area contributed by atoms with Crippen molar-refractivity contribution >= 4 is 17.8 Å². The molecule has 0 amide bonds. The first-order valence-corrected chi connectivity index (χ1v) is 3.11. The van der Waals surface area contributed by atoms with Gasteiger partial charge >= 0.3 is 11.9 Å². The van der Waals surface area contributed by atoms with Crippen LogP contribution in [0.25, 0.3) is 0 Å². The smallest absolute Gasteiger partial charge is 0.358 e. The van der Waals surface area contributed by atoms with Crippen molar-refractivity contribution in [3.63, 3.8) is 0 Å². The molecule has 1 aromatic heterocycles. The topological polar surface area (TPSA) is 126 Å². The van der Waals surface area contributed by atoms with Gasteiger partial charge in [-0.1, -0.05) is 0 Å². The van der Waals surface area contributed by atoms with Crippen LogP contribution in [0.4, 0.5) is 5.82 Å². The molecular weight excluding hydrogens is 178 g/mol. The Bertz CT molecular complexity index is 376. The number of nitrogens with two attached hydrogens (primary N) is 1. The van der Waals surface area contributed by atoms with E-state index in [0.717, 1.165) is 6.20 Å². The van der Waals surface area contributed by atoms with Gasteiger partial charge in [0.15, 0.2) is 17.2 Å². The maximum atomic E-state index is 10.4. The summed E-state index contributed by atoms with van der Waals surface area (Å²) in [5.41, 5.74) is 4.30. The standard InChI is InChI=1S/C6H5N3O4/c7-4-3(6(12)13)8-1-2(9-4)5(10)11/h1H,(H2,7,9)(H,10,11)(H,12,13). The van der Waals surface area contributed by atoms with E-state index in [1.807, 2.05) is 0 Å². The van der Waals surface area contributed by atoms with E-state index in [-0.39, 0.29) is 5.69 Å². The molecule has 0 saturated carbocycles. The number of rotatable bonds is 2. The lowest BCUT2D eigenvalue weighted by Gasteiger charge is -1.98. The summed E-state index contributed by atoms with van der Waals surface area (Å²) in [5, 5.41) is 16.9. The number of anilines is 1. The summed E-state index contributed by atoms with van der Waals surface area (Å²) in [6.07, 6.45) is 0.835. The number of hydrogen-bond acceptors (Lipinski definition) is 5. The third-order valence-electron chi connectivity index (χ3n) is 1.22. The van der Waals surface area contributed by atoms with Gasteiger partial charge in [0.05, 0.1) is 6.20 Å². The van der Waals surface area contributed by atoms with Crippen LogP contribution in [0.1, 0.15) is 21.0 Å². The molecule has 0 unspecified atom stereocenters. The molecule has 0 atom stereocenters. The minimum atomic E-state index is -1.35. The number of carboxylic acids is 2. The van der Waals surface area contributed by atoms with E-state index in [9.17, 15) is 9.59 Å². The van der Waals surface area contributed by atoms with Gasteiger partial charge in [-0.2, -0.15) is 0 Å². The maximum absolute atomic E-state index is 10.4. The molecule has 7 heteroatoms. The maximum Gasteiger partial charge on any atom is 0.358 e. The number of hydrogen-bond donors (Lipinski definition) is 3. The van der Waals surface area contributed by atoms with Crippen LogP contribution in [0, 0.1) is 0 Å². The Hall–Kier alpha value is -2.18. The fourth-order valence-electron chi connectivity index (χ4n) is 0.671. The van der Waals surface area contributed by atoms with Crippen LogP contribution in [-0.2, 0) is 0 Å². The summed E-state index contributed by atoms with van der Waals surface area (Å²) < 4.78 is 0. The molecule has 68 valence electrons. The minimum Gasteiger partial charge on any atom is -0.476 e. The predicted octanol–water partition coefficient (Wildman–Crippen LogP) is -0.545. The Morgan fingerprint density at radius 1 is 1.31 bits per heavy atom. The summed E-state index contributed by atoms with van der Waals surface area (Å²) in [5.74, 6) is -3.06. The monoisotopic (exact) mass is 183 g/mol. The Labute approximate surface area is 71.9 Å². The van der Waals surface area contributed by atoms with E-state index in [1.165, 1.54) is 0 Å². The summed E-state index contributed by atoms with van der Waals surface area (Å²) in [7, 11) is 0. The molecule has 0 aliphatic rings. The van der Waals surface area contributed by atoms with Gasteiger partial charge in [-0.3, -0.25) is 0 Å². The van der Waals surface area contributed by atoms with Crippen LogP contribution in [0.3, 0.4) is 0 Å². The van der Waals surface area contributed by atoms with Gasteiger partial charge < -0.3 is 15.9 Å². The zero-order valence-corrected chi connectivity index (χ0v) is 6.26. The number of nitrogens with zero attached hydrogens (tertiary/aromatic N) is 2. The van der Waals surface area contributed by atoms with Crippen LogP contribution in [0.5, 0.6) is 0 Å². The van der Waals surface area contributed by atoms with E-state index >= 15 is 0 Å². The van der Waals surface area contributed by atoms with Crippen LogP contribution in [-0.4, -0.2) is 32.1 Å². The Morgan fingerprint density at radius 3 is 2.31 bits per heavy atom. The lowest BCUT2D eigenvalue weighted by Crippen LogP contribution is -2.11. The highest BCUT2D eigenvalue weighted by atomic mass is 16.4. The molecule has 7 nitrogen and oxygen atoms in total. The van der Waals surface area contributed by atoms with Gasteiger partial charge in [0.2, 0.25) is 0 Å². The molecular formula is C6H5N3O4. The van der Waals surface area contributed by atoms with E-state index in [0.29, 0.717) is 0 Å². The van der Waals surface area contributed by atoms with Crippen molar-refractivity contribution in [1.29, 1.82) is 0 Å². The fraction of sp³-hybridized carbons (Fsp3) is 0. The lowest BCUT2D eigenvalue weighted by atomic mass is 10.4. The Kier molecular flexibility index (Phi) is 2.09. The minimum absolute atomic E-state index is 0.387. The second-order valence-corrected chi connectivity index (χ2v) is 2.10. The molecule has 4 N–H and O–H groups in total. The first-order chi connectivity index (χ1) is 6.02. The molecule has 0 spiro atoms. The van der Waals surface area contributed by atoms with Crippen molar-refractivity contribution in [3.05, 3.63) is 17.6 Å². The molecule has 13 heavy (non-hydrogen) atoms. The molecule has 0 aromatic carbocycles. The SMILES string of the molecule is Nc1nc(C(=O)O)cnc1C(=O)O. The van der Waals surface area contributed by atoms with Gasteiger partial charge in [-0.15, -0.1) is 0 Å². The molecule has 0 bridgehead atoms. The first-order valence-electron chi connectivity index (χ1n) is 3.11. The summed E-state index contributed by atoms with van der Waals surface area (Å²) in [6.45, 7) is 0. The number of carboxylic acid groups (broad SMARTS) is 2. The highest BCUT2D eigenvalue weighted by Gasteiger charge is 2.14. The van der Waals surface area contributed by atoms with E-state index < -0.39 is 23.5 Å². The van der Waals surface area contributed by atoms with E-state index in [1.54, 1.807) is 0 Å². The fourth-order valence-corrected chi connectivity index (χ4v) is 0.671.